The maximum atomic E-state index is 13.4. The van der Waals surface area contributed by atoms with Gasteiger partial charge in [-0.25, -0.2) is 4.79 Å². The Labute approximate surface area is 199 Å². The lowest BCUT2D eigenvalue weighted by atomic mass is 9.96. The second-order valence-electron chi connectivity index (χ2n) is 8.41. The molecule has 0 radical (unpaired) electrons. The van der Waals surface area contributed by atoms with E-state index in [2.05, 4.69) is 17.1 Å². The van der Waals surface area contributed by atoms with Gasteiger partial charge in [0.1, 0.15) is 5.75 Å². The van der Waals surface area contributed by atoms with Crippen LogP contribution in [-0.2, 0) is 6.54 Å². The summed E-state index contributed by atoms with van der Waals surface area (Å²) in [4.78, 5) is 28.0. The molecule has 170 valence electrons. The van der Waals surface area contributed by atoms with E-state index < -0.39 is 6.09 Å². The molecule has 4 rings (SSSR count). The third-order valence-corrected chi connectivity index (χ3v) is 6.19. The van der Waals surface area contributed by atoms with Crippen molar-refractivity contribution in [2.45, 2.75) is 26.3 Å². The Balaban J connectivity index is 1.56. The molecule has 3 aromatic carbocycles. The highest BCUT2D eigenvalue weighted by atomic mass is 35.5. The lowest BCUT2D eigenvalue weighted by Gasteiger charge is -2.33. The Morgan fingerprint density at radius 2 is 1.70 bits per heavy atom. The number of ether oxygens (including phenoxy) is 1. The molecule has 1 aliphatic heterocycles. The van der Waals surface area contributed by atoms with Gasteiger partial charge in [-0.2, -0.15) is 0 Å². The molecule has 0 saturated carbocycles. The number of nitrogens with one attached hydrogen (secondary N) is 1. The van der Waals surface area contributed by atoms with E-state index in [-0.39, 0.29) is 5.78 Å². The van der Waals surface area contributed by atoms with Crippen LogP contribution in [0, 0.1) is 5.92 Å². The fraction of sp³-hybridized carbons (Fsp3) is 0.259. The summed E-state index contributed by atoms with van der Waals surface area (Å²) < 4.78 is 5.50. The summed E-state index contributed by atoms with van der Waals surface area (Å²) in [6, 6.07) is 21.7. The molecule has 0 atom stereocenters. The van der Waals surface area contributed by atoms with Crippen molar-refractivity contribution in [3.05, 3.63) is 94.5 Å². The molecule has 0 spiro atoms. The number of rotatable bonds is 6. The minimum Gasteiger partial charge on any atom is -0.410 e. The first-order chi connectivity index (χ1) is 16.0. The van der Waals surface area contributed by atoms with Gasteiger partial charge < -0.3 is 15.0 Å². The second kappa shape index (κ2) is 10.5. The van der Waals surface area contributed by atoms with Crippen LogP contribution in [0.15, 0.2) is 72.8 Å². The van der Waals surface area contributed by atoms with Gasteiger partial charge in [-0.15, -0.1) is 0 Å². The minimum absolute atomic E-state index is 0.129. The van der Waals surface area contributed by atoms with Gasteiger partial charge in [-0.3, -0.25) is 4.79 Å². The molecule has 1 aliphatic rings. The van der Waals surface area contributed by atoms with Crippen molar-refractivity contribution >= 4 is 29.2 Å². The third-order valence-electron chi connectivity index (χ3n) is 5.93. The van der Waals surface area contributed by atoms with Gasteiger partial charge in [-0.05, 0) is 66.8 Å². The summed E-state index contributed by atoms with van der Waals surface area (Å²) in [5.74, 6) is 0.870. The summed E-state index contributed by atoms with van der Waals surface area (Å²) >= 11 is 6.00. The number of ketones is 1. The van der Waals surface area contributed by atoms with Crippen LogP contribution < -0.4 is 15.0 Å². The molecule has 1 amide bonds. The zero-order valence-electron chi connectivity index (χ0n) is 18.6. The minimum atomic E-state index is -0.566. The van der Waals surface area contributed by atoms with Crippen molar-refractivity contribution in [3.8, 4) is 5.75 Å². The highest BCUT2D eigenvalue weighted by molar-refractivity contribution is 6.30. The zero-order chi connectivity index (χ0) is 23.2. The standard InChI is InChI=1S/C27H27ClN2O3/c1-19-13-15-30(16-14-19)25-12-11-23(33-27(32)29-18-20-5-3-2-4-6-20)17-24(25)26(31)21-7-9-22(28)10-8-21/h2-12,17,19H,13-16,18H2,1H3,(H,29,32). The molecule has 0 bridgehead atoms. The predicted octanol–water partition coefficient (Wildman–Crippen LogP) is 6.10. The molecule has 3 aromatic rings. The normalized spacial score (nSPS) is 14.1. The van der Waals surface area contributed by atoms with Gasteiger partial charge in [0, 0.05) is 41.5 Å². The number of anilines is 1. The average molecular weight is 463 g/mol. The molecule has 6 heteroatoms. The van der Waals surface area contributed by atoms with Crippen LogP contribution in [0.1, 0.15) is 41.3 Å². The molecule has 0 aliphatic carbocycles. The highest BCUT2D eigenvalue weighted by Crippen LogP contribution is 2.31. The van der Waals surface area contributed by atoms with Crippen molar-refractivity contribution in [3.63, 3.8) is 0 Å². The summed E-state index contributed by atoms with van der Waals surface area (Å²) in [5, 5.41) is 3.32. The second-order valence-corrected chi connectivity index (χ2v) is 8.85. The molecule has 5 nitrogen and oxygen atoms in total. The summed E-state index contributed by atoms with van der Waals surface area (Å²) in [6.45, 7) is 4.39. The molecule has 0 aromatic heterocycles. The van der Waals surface area contributed by atoms with Crippen LogP contribution >= 0.6 is 11.6 Å². The molecule has 33 heavy (non-hydrogen) atoms. The monoisotopic (exact) mass is 462 g/mol. The molecule has 1 N–H and O–H groups in total. The fourth-order valence-corrected chi connectivity index (χ4v) is 4.08. The van der Waals surface area contributed by atoms with E-state index in [4.69, 9.17) is 16.3 Å². The fourth-order valence-electron chi connectivity index (χ4n) is 3.96. The first-order valence-corrected chi connectivity index (χ1v) is 11.6. The van der Waals surface area contributed by atoms with Crippen LogP contribution in [0.3, 0.4) is 0 Å². The number of nitrogens with zero attached hydrogens (tertiary/aromatic N) is 1. The zero-order valence-corrected chi connectivity index (χ0v) is 19.3. The van der Waals surface area contributed by atoms with Crippen molar-refractivity contribution in [1.29, 1.82) is 0 Å². The lowest BCUT2D eigenvalue weighted by molar-refractivity contribution is 0.103. The Hall–Kier alpha value is -3.31. The number of hydrogen-bond donors (Lipinski definition) is 1. The molecule has 1 saturated heterocycles. The van der Waals surface area contributed by atoms with Gasteiger partial charge in [0.15, 0.2) is 5.78 Å². The Morgan fingerprint density at radius 1 is 1.00 bits per heavy atom. The van der Waals surface area contributed by atoms with Gasteiger partial charge >= 0.3 is 6.09 Å². The van der Waals surface area contributed by atoms with Crippen LogP contribution in [0.2, 0.25) is 5.02 Å². The SMILES string of the molecule is CC1CCN(c2ccc(OC(=O)NCc3ccccc3)cc2C(=O)c2ccc(Cl)cc2)CC1. The van der Waals surface area contributed by atoms with E-state index in [1.807, 2.05) is 36.4 Å². The third kappa shape index (κ3) is 5.93. The quantitative estimate of drug-likeness (QED) is 0.450. The Kier molecular flexibility index (Phi) is 7.30. The number of carbonyl (C=O) groups excluding carboxylic acids is 2. The van der Waals surface area contributed by atoms with Gasteiger partial charge in [0.25, 0.3) is 0 Å². The molecular weight excluding hydrogens is 436 g/mol. The largest absolute Gasteiger partial charge is 0.412 e. The van der Waals surface area contributed by atoms with Gasteiger partial charge in [0.05, 0.1) is 0 Å². The average Bonchev–Trinajstić information content (AvgIpc) is 2.84. The van der Waals surface area contributed by atoms with Crippen molar-refractivity contribution < 1.29 is 14.3 Å². The van der Waals surface area contributed by atoms with Crippen LogP contribution in [0.5, 0.6) is 5.75 Å². The van der Waals surface area contributed by atoms with E-state index in [0.29, 0.717) is 34.4 Å². The summed E-state index contributed by atoms with van der Waals surface area (Å²) in [5.41, 5.74) is 2.89. The van der Waals surface area contributed by atoms with E-state index in [1.165, 1.54) is 0 Å². The number of hydrogen-bond acceptors (Lipinski definition) is 4. The van der Waals surface area contributed by atoms with Crippen LogP contribution in [0.4, 0.5) is 10.5 Å². The van der Waals surface area contributed by atoms with Crippen LogP contribution in [0.25, 0.3) is 0 Å². The van der Waals surface area contributed by atoms with E-state index >= 15 is 0 Å². The smallest absolute Gasteiger partial charge is 0.410 e. The number of piperidine rings is 1. The first-order valence-electron chi connectivity index (χ1n) is 11.2. The van der Waals surface area contributed by atoms with Gasteiger partial charge in [0.2, 0.25) is 0 Å². The molecule has 0 unspecified atom stereocenters. The molecular formula is C27H27ClN2O3. The van der Waals surface area contributed by atoms with Crippen molar-refractivity contribution in [2.75, 3.05) is 18.0 Å². The maximum Gasteiger partial charge on any atom is 0.412 e. The number of amides is 1. The maximum absolute atomic E-state index is 13.4. The van der Waals surface area contributed by atoms with E-state index in [9.17, 15) is 9.59 Å². The number of halogens is 1. The van der Waals surface area contributed by atoms with Crippen molar-refractivity contribution in [2.24, 2.45) is 5.92 Å². The van der Waals surface area contributed by atoms with E-state index in [0.717, 1.165) is 37.2 Å². The number of carbonyl (C=O) groups is 2. The lowest BCUT2D eigenvalue weighted by Crippen LogP contribution is -2.34. The molecule has 1 fully saturated rings. The summed E-state index contributed by atoms with van der Waals surface area (Å²) in [7, 11) is 0. The summed E-state index contributed by atoms with van der Waals surface area (Å²) in [6.07, 6.45) is 1.59. The van der Waals surface area contributed by atoms with Crippen LogP contribution in [-0.4, -0.2) is 25.0 Å². The topological polar surface area (TPSA) is 58.6 Å². The van der Waals surface area contributed by atoms with E-state index in [1.54, 1.807) is 36.4 Å². The van der Waals surface area contributed by atoms with Crippen molar-refractivity contribution in [1.82, 2.24) is 5.32 Å². The first kappa shape index (κ1) is 22.9. The molecule has 1 heterocycles. The van der Waals surface area contributed by atoms with Gasteiger partial charge in [-0.1, -0.05) is 48.9 Å². The Morgan fingerprint density at radius 3 is 2.39 bits per heavy atom. The Bertz CT molecular complexity index is 1110. The number of benzene rings is 3. The highest BCUT2D eigenvalue weighted by Gasteiger charge is 2.23. The predicted molar refractivity (Wildman–Crippen MR) is 131 cm³/mol.